The highest BCUT2D eigenvalue weighted by Crippen LogP contribution is 2.36. The zero-order valence-electron chi connectivity index (χ0n) is 16.0. The van der Waals surface area contributed by atoms with Gasteiger partial charge in [-0.25, -0.2) is 15.0 Å². The molecular formula is C26H16BrN3. The summed E-state index contributed by atoms with van der Waals surface area (Å²) >= 11 is 3.69. The van der Waals surface area contributed by atoms with Crippen LogP contribution in [-0.2, 0) is 0 Å². The summed E-state index contributed by atoms with van der Waals surface area (Å²) in [6, 6.07) is 10.0. The molecule has 3 nitrogen and oxygen atoms in total. The predicted octanol–water partition coefficient (Wildman–Crippen LogP) is 5.38. The van der Waals surface area contributed by atoms with Gasteiger partial charge < -0.3 is 0 Å². The largest absolute Gasteiger partial charge is 0.212 e. The Bertz CT molecular complexity index is 1290. The van der Waals surface area contributed by atoms with Crippen LogP contribution in [0.15, 0.2) is 82.9 Å². The lowest BCUT2D eigenvalue weighted by atomic mass is 9.92. The Kier molecular flexibility index (Phi) is 5.01. The molecule has 2 atom stereocenters. The van der Waals surface area contributed by atoms with E-state index in [1.54, 1.807) is 0 Å². The maximum Gasteiger partial charge on any atom is 0.165 e. The molecule has 2 unspecified atom stereocenters. The van der Waals surface area contributed by atoms with Gasteiger partial charge in [0, 0.05) is 33.2 Å². The van der Waals surface area contributed by atoms with Gasteiger partial charge in [0.1, 0.15) is 5.82 Å². The third-order valence-corrected chi connectivity index (χ3v) is 5.68. The van der Waals surface area contributed by atoms with E-state index in [1.807, 2.05) is 54.6 Å². The first-order valence-corrected chi connectivity index (χ1v) is 10.5. The third kappa shape index (κ3) is 3.59. The molecule has 1 aromatic carbocycles. The molecule has 0 aliphatic heterocycles. The van der Waals surface area contributed by atoms with Crippen molar-refractivity contribution in [2.24, 2.45) is 5.92 Å². The first-order chi connectivity index (χ1) is 14.8. The quantitative estimate of drug-likeness (QED) is 0.590. The summed E-state index contributed by atoms with van der Waals surface area (Å²) in [6.07, 6.45) is 15.0. The molecule has 0 radical (unpaired) electrons. The lowest BCUT2D eigenvalue weighted by Gasteiger charge is -2.17. The molecule has 0 N–H and O–H groups in total. The average Bonchev–Trinajstić information content (AvgIpc) is 2.98. The lowest BCUT2D eigenvalue weighted by Crippen LogP contribution is -2.11. The van der Waals surface area contributed by atoms with E-state index in [4.69, 9.17) is 15.0 Å². The standard InChI is InChI=1S/C26H16BrN3/c27-22-17-9-15-18-10-7-8-16-21(18)23(22)26-29-24(19-11-3-1-4-12-19)28-25(30-26)20-13-5-2-6-14-20/h1-7,10-13,17-18,20H,14H2. The van der Waals surface area contributed by atoms with Crippen molar-refractivity contribution in [3.05, 3.63) is 94.6 Å². The van der Waals surface area contributed by atoms with Gasteiger partial charge in [0.15, 0.2) is 11.6 Å². The Morgan fingerprint density at radius 1 is 0.933 bits per heavy atom. The van der Waals surface area contributed by atoms with Crippen LogP contribution < -0.4 is 0 Å². The van der Waals surface area contributed by atoms with Gasteiger partial charge in [-0.3, -0.25) is 0 Å². The molecule has 0 fully saturated rings. The molecular weight excluding hydrogens is 434 g/mol. The van der Waals surface area contributed by atoms with Crippen molar-refractivity contribution in [3.8, 4) is 35.1 Å². The molecule has 0 saturated carbocycles. The molecule has 3 aliphatic carbocycles. The number of halogens is 1. The fourth-order valence-electron chi connectivity index (χ4n) is 3.56. The van der Waals surface area contributed by atoms with Crippen LogP contribution in [0, 0.1) is 29.6 Å². The second kappa shape index (κ2) is 8.11. The van der Waals surface area contributed by atoms with Crippen molar-refractivity contribution >= 4 is 21.5 Å². The normalized spacial score (nSPS) is 21.0. The molecule has 1 aromatic heterocycles. The molecule has 3 aliphatic rings. The van der Waals surface area contributed by atoms with E-state index in [0.29, 0.717) is 11.6 Å². The fraction of sp³-hybridized carbons (Fsp3) is 0.115. The molecule has 0 bridgehead atoms. The molecule has 142 valence electrons. The molecule has 5 rings (SSSR count). The van der Waals surface area contributed by atoms with Crippen molar-refractivity contribution in [1.29, 1.82) is 0 Å². The second-order valence-corrected chi connectivity index (χ2v) is 7.89. The minimum absolute atomic E-state index is 0.0644. The maximum absolute atomic E-state index is 4.91. The van der Waals surface area contributed by atoms with Crippen LogP contribution in [0.3, 0.4) is 0 Å². The summed E-state index contributed by atoms with van der Waals surface area (Å²) in [5.41, 5.74) is 2.74. The number of hydrogen-bond donors (Lipinski definition) is 0. The van der Waals surface area contributed by atoms with Crippen LogP contribution in [0.25, 0.3) is 17.0 Å². The number of rotatable bonds is 3. The summed E-state index contributed by atoms with van der Waals surface area (Å²) in [7, 11) is 0. The van der Waals surface area contributed by atoms with E-state index < -0.39 is 0 Å². The first kappa shape index (κ1) is 18.6. The van der Waals surface area contributed by atoms with Gasteiger partial charge in [-0.2, -0.15) is 0 Å². The molecule has 1 heterocycles. The highest BCUT2D eigenvalue weighted by molar-refractivity contribution is 9.12. The third-order valence-electron chi connectivity index (χ3n) is 5.06. The topological polar surface area (TPSA) is 38.7 Å². The Hall–Kier alpha value is -3.47. The van der Waals surface area contributed by atoms with Gasteiger partial charge in [0.25, 0.3) is 0 Å². The van der Waals surface area contributed by atoms with Crippen LogP contribution in [0.2, 0.25) is 0 Å². The summed E-state index contributed by atoms with van der Waals surface area (Å²) in [6.45, 7) is 0. The van der Waals surface area contributed by atoms with E-state index in [9.17, 15) is 0 Å². The SMILES string of the molecule is BrC1=CC#CC2C=CC#CC2=C1c1nc(-c2ccccc2)nc(C2C=CC=CC2)n1. The van der Waals surface area contributed by atoms with E-state index in [2.05, 4.69) is 57.8 Å². The first-order valence-electron chi connectivity index (χ1n) is 9.74. The van der Waals surface area contributed by atoms with Crippen molar-refractivity contribution in [3.63, 3.8) is 0 Å². The molecule has 0 amide bonds. The number of hydrogen-bond acceptors (Lipinski definition) is 3. The van der Waals surface area contributed by atoms with Crippen molar-refractivity contribution in [2.45, 2.75) is 12.3 Å². The Morgan fingerprint density at radius 3 is 2.63 bits per heavy atom. The highest BCUT2D eigenvalue weighted by atomic mass is 79.9. The summed E-state index contributed by atoms with van der Waals surface area (Å²) in [5.74, 6) is 14.7. The summed E-state index contributed by atoms with van der Waals surface area (Å²) in [5, 5.41) is 0. The van der Waals surface area contributed by atoms with Crippen molar-refractivity contribution in [2.75, 3.05) is 0 Å². The molecule has 2 aromatic rings. The Labute approximate surface area is 184 Å². The van der Waals surface area contributed by atoms with Gasteiger partial charge in [0.05, 0.1) is 5.92 Å². The molecule has 0 saturated heterocycles. The van der Waals surface area contributed by atoms with Gasteiger partial charge in [-0.1, -0.05) is 84.4 Å². The number of allylic oxidation sites excluding steroid dienone is 10. The van der Waals surface area contributed by atoms with Gasteiger partial charge in [-0.05, 0) is 28.4 Å². The van der Waals surface area contributed by atoms with Crippen LogP contribution in [0.5, 0.6) is 0 Å². The van der Waals surface area contributed by atoms with Crippen LogP contribution in [-0.4, -0.2) is 15.0 Å². The molecule has 4 heteroatoms. The van der Waals surface area contributed by atoms with Crippen LogP contribution in [0.1, 0.15) is 24.0 Å². The second-order valence-electron chi connectivity index (χ2n) is 7.04. The van der Waals surface area contributed by atoms with Crippen LogP contribution in [0.4, 0.5) is 0 Å². The van der Waals surface area contributed by atoms with E-state index in [1.165, 1.54) is 0 Å². The zero-order valence-corrected chi connectivity index (χ0v) is 17.6. The van der Waals surface area contributed by atoms with E-state index >= 15 is 0 Å². The Morgan fingerprint density at radius 2 is 1.80 bits per heavy atom. The zero-order chi connectivity index (χ0) is 20.3. The lowest BCUT2D eigenvalue weighted by molar-refractivity contribution is 0.756. The maximum atomic E-state index is 4.91. The van der Waals surface area contributed by atoms with Gasteiger partial charge >= 0.3 is 0 Å². The summed E-state index contributed by atoms with van der Waals surface area (Å²) in [4.78, 5) is 14.6. The van der Waals surface area contributed by atoms with Gasteiger partial charge in [0.2, 0.25) is 0 Å². The monoisotopic (exact) mass is 449 g/mol. The average molecular weight is 450 g/mol. The smallest absolute Gasteiger partial charge is 0.165 e. The number of fused-ring (bicyclic) bond motifs is 1. The number of benzene rings is 1. The van der Waals surface area contributed by atoms with Crippen molar-refractivity contribution < 1.29 is 0 Å². The minimum atomic E-state index is -0.0644. The number of aromatic nitrogens is 3. The Balaban J connectivity index is 1.73. The molecule has 0 spiro atoms. The minimum Gasteiger partial charge on any atom is -0.212 e. The van der Waals surface area contributed by atoms with Gasteiger partial charge in [-0.15, -0.1) is 0 Å². The fourth-order valence-corrected chi connectivity index (χ4v) is 4.06. The molecule has 30 heavy (non-hydrogen) atoms. The predicted molar refractivity (Wildman–Crippen MR) is 123 cm³/mol. The van der Waals surface area contributed by atoms with E-state index in [0.717, 1.165) is 33.4 Å². The van der Waals surface area contributed by atoms with Crippen molar-refractivity contribution in [1.82, 2.24) is 15.0 Å². The number of nitrogens with zero attached hydrogens (tertiary/aromatic N) is 3. The van der Waals surface area contributed by atoms with E-state index in [-0.39, 0.29) is 11.8 Å². The summed E-state index contributed by atoms with van der Waals surface area (Å²) < 4.78 is 0.840. The highest BCUT2D eigenvalue weighted by Gasteiger charge is 2.24. The van der Waals surface area contributed by atoms with Crippen LogP contribution >= 0.6 is 15.9 Å².